The highest BCUT2D eigenvalue weighted by atomic mass is 32.2. The summed E-state index contributed by atoms with van der Waals surface area (Å²) >= 11 is 0. The van der Waals surface area contributed by atoms with Crippen LogP contribution in [0, 0.1) is 5.92 Å². The number of aliphatic hydroxyl groups is 1. The van der Waals surface area contributed by atoms with E-state index in [0.29, 0.717) is 23.8 Å². The predicted octanol–water partition coefficient (Wildman–Crippen LogP) is 2.04. The SMILES string of the molecule is CCCOc1ccc(S(=O)(=O)NC(C)C2CC2)cc1CO. The first-order valence-electron chi connectivity index (χ1n) is 7.37. The van der Waals surface area contributed by atoms with Crippen LogP contribution in [0.3, 0.4) is 0 Å². The van der Waals surface area contributed by atoms with E-state index in [-0.39, 0.29) is 17.5 Å². The summed E-state index contributed by atoms with van der Waals surface area (Å²) in [4.78, 5) is 0.169. The third-order valence-corrected chi connectivity index (χ3v) is 5.20. The minimum absolute atomic E-state index is 0.0522. The Balaban J connectivity index is 2.18. The topological polar surface area (TPSA) is 75.6 Å². The maximum atomic E-state index is 12.3. The first-order chi connectivity index (χ1) is 9.97. The maximum Gasteiger partial charge on any atom is 0.240 e. The summed E-state index contributed by atoms with van der Waals surface area (Å²) in [6, 6.07) is 4.56. The van der Waals surface area contributed by atoms with Crippen LogP contribution in [0.2, 0.25) is 0 Å². The Morgan fingerprint density at radius 3 is 2.71 bits per heavy atom. The van der Waals surface area contributed by atoms with Crippen LogP contribution in [0.15, 0.2) is 23.1 Å². The second-order valence-corrected chi connectivity index (χ2v) is 7.24. The molecule has 1 fully saturated rings. The van der Waals surface area contributed by atoms with Crippen molar-refractivity contribution < 1.29 is 18.3 Å². The van der Waals surface area contributed by atoms with Gasteiger partial charge in [-0.25, -0.2) is 13.1 Å². The van der Waals surface area contributed by atoms with Gasteiger partial charge in [0.1, 0.15) is 5.75 Å². The summed E-state index contributed by atoms with van der Waals surface area (Å²) in [5.74, 6) is 0.984. The lowest BCUT2D eigenvalue weighted by Crippen LogP contribution is -2.34. The van der Waals surface area contributed by atoms with Gasteiger partial charge in [0.05, 0.1) is 18.1 Å². The molecule has 1 atom stereocenters. The van der Waals surface area contributed by atoms with Crippen LogP contribution in [-0.4, -0.2) is 26.2 Å². The summed E-state index contributed by atoms with van der Waals surface area (Å²) in [7, 11) is -3.55. The van der Waals surface area contributed by atoms with E-state index in [9.17, 15) is 13.5 Å². The minimum atomic E-state index is -3.55. The maximum absolute atomic E-state index is 12.3. The highest BCUT2D eigenvalue weighted by Crippen LogP contribution is 2.33. The fourth-order valence-electron chi connectivity index (χ4n) is 2.20. The summed E-state index contributed by atoms with van der Waals surface area (Å²) in [6.45, 7) is 4.16. The first-order valence-corrected chi connectivity index (χ1v) is 8.85. The molecule has 6 heteroatoms. The number of nitrogens with one attached hydrogen (secondary N) is 1. The van der Waals surface area contributed by atoms with Gasteiger partial charge in [-0.2, -0.15) is 0 Å². The van der Waals surface area contributed by atoms with E-state index in [4.69, 9.17) is 4.74 Å². The Bertz CT molecular complexity index is 581. The first kappa shape index (κ1) is 16.3. The third kappa shape index (κ3) is 4.18. The fourth-order valence-corrected chi connectivity index (χ4v) is 3.57. The smallest absolute Gasteiger partial charge is 0.240 e. The monoisotopic (exact) mass is 313 g/mol. The molecule has 118 valence electrons. The number of aliphatic hydroxyl groups excluding tert-OH is 1. The van der Waals surface area contributed by atoms with Crippen molar-refractivity contribution >= 4 is 10.0 Å². The van der Waals surface area contributed by atoms with Crippen molar-refractivity contribution in [2.24, 2.45) is 5.92 Å². The minimum Gasteiger partial charge on any atom is -0.493 e. The van der Waals surface area contributed by atoms with Crippen molar-refractivity contribution in [1.29, 1.82) is 0 Å². The Kier molecular flexibility index (Phi) is 5.24. The Labute approximate surface area is 126 Å². The molecule has 0 saturated heterocycles. The molecule has 1 aromatic carbocycles. The van der Waals surface area contributed by atoms with Crippen molar-refractivity contribution in [2.75, 3.05) is 6.61 Å². The fraction of sp³-hybridized carbons (Fsp3) is 0.600. The number of ether oxygens (including phenoxy) is 1. The van der Waals surface area contributed by atoms with Crippen molar-refractivity contribution in [3.05, 3.63) is 23.8 Å². The molecule has 0 aliphatic heterocycles. The van der Waals surface area contributed by atoms with Gasteiger partial charge < -0.3 is 9.84 Å². The molecular formula is C15H23NO4S. The lowest BCUT2D eigenvalue weighted by Gasteiger charge is -2.15. The van der Waals surface area contributed by atoms with Gasteiger partial charge in [0.15, 0.2) is 0 Å². The van der Waals surface area contributed by atoms with E-state index in [0.717, 1.165) is 19.3 Å². The number of hydrogen-bond donors (Lipinski definition) is 2. The van der Waals surface area contributed by atoms with E-state index in [2.05, 4.69) is 4.72 Å². The van der Waals surface area contributed by atoms with Gasteiger partial charge in [-0.15, -0.1) is 0 Å². The molecule has 0 heterocycles. The van der Waals surface area contributed by atoms with Crippen LogP contribution < -0.4 is 9.46 Å². The van der Waals surface area contributed by atoms with Crippen LogP contribution in [0.1, 0.15) is 38.7 Å². The zero-order chi connectivity index (χ0) is 15.5. The lowest BCUT2D eigenvalue weighted by atomic mass is 10.2. The molecule has 0 aromatic heterocycles. The molecule has 1 saturated carbocycles. The molecule has 5 nitrogen and oxygen atoms in total. The van der Waals surface area contributed by atoms with Crippen molar-refractivity contribution in [2.45, 2.75) is 50.7 Å². The van der Waals surface area contributed by atoms with Crippen LogP contribution in [-0.2, 0) is 16.6 Å². The molecular weight excluding hydrogens is 290 g/mol. The van der Waals surface area contributed by atoms with Crippen molar-refractivity contribution in [1.82, 2.24) is 4.72 Å². The standard InChI is InChI=1S/C15H23NO4S/c1-3-8-20-15-7-6-14(9-13(15)10-17)21(18,19)16-11(2)12-4-5-12/h6-7,9,11-12,16-17H,3-5,8,10H2,1-2H3. The van der Waals surface area contributed by atoms with Crippen LogP contribution in [0.4, 0.5) is 0 Å². The molecule has 2 N–H and O–H groups in total. The van der Waals surface area contributed by atoms with E-state index in [1.165, 1.54) is 12.1 Å². The van der Waals surface area contributed by atoms with Gasteiger partial charge in [-0.05, 0) is 50.3 Å². The van der Waals surface area contributed by atoms with Gasteiger partial charge in [0.25, 0.3) is 0 Å². The zero-order valence-corrected chi connectivity index (χ0v) is 13.3. The summed E-state index contributed by atoms with van der Waals surface area (Å²) in [5, 5.41) is 9.39. The molecule has 1 aromatic rings. The van der Waals surface area contributed by atoms with Crippen molar-refractivity contribution in [3.8, 4) is 5.75 Å². The van der Waals surface area contributed by atoms with Crippen LogP contribution in [0.5, 0.6) is 5.75 Å². The molecule has 2 rings (SSSR count). The van der Waals surface area contributed by atoms with E-state index in [1.54, 1.807) is 6.07 Å². The van der Waals surface area contributed by atoms with E-state index < -0.39 is 10.0 Å². The van der Waals surface area contributed by atoms with Crippen molar-refractivity contribution in [3.63, 3.8) is 0 Å². The normalized spacial score (nSPS) is 16.7. The van der Waals surface area contributed by atoms with Gasteiger partial charge in [0, 0.05) is 11.6 Å². The highest BCUT2D eigenvalue weighted by molar-refractivity contribution is 7.89. The van der Waals surface area contributed by atoms with Gasteiger partial charge in [-0.1, -0.05) is 6.92 Å². The molecule has 0 amide bonds. The second-order valence-electron chi connectivity index (χ2n) is 5.52. The summed E-state index contributed by atoms with van der Waals surface area (Å²) in [6.07, 6.45) is 3.01. The lowest BCUT2D eigenvalue weighted by molar-refractivity contribution is 0.262. The summed E-state index contributed by atoms with van der Waals surface area (Å²) < 4.78 is 32.9. The third-order valence-electron chi connectivity index (χ3n) is 3.64. The molecule has 0 bridgehead atoms. The Hall–Kier alpha value is -1.11. The van der Waals surface area contributed by atoms with E-state index >= 15 is 0 Å². The van der Waals surface area contributed by atoms with Gasteiger partial charge >= 0.3 is 0 Å². The largest absolute Gasteiger partial charge is 0.493 e. The average Bonchev–Trinajstić information content (AvgIpc) is 3.29. The van der Waals surface area contributed by atoms with E-state index in [1.807, 2.05) is 13.8 Å². The van der Waals surface area contributed by atoms with Crippen LogP contribution in [0.25, 0.3) is 0 Å². The van der Waals surface area contributed by atoms with Gasteiger partial charge in [0.2, 0.25) is 10.0 Å². The number of hydrogen-bond acceptors (Lipinski definition) is 4. The predicted molar refractivity (Wildman–Crippen MR) is 80.7 cm³/mol. The van der Waals surface area contributed by atoms with Crippen LogP contribution >= 0.6 is 0 Å². The quantitative estimate of drug-likeness (QED) is 0.770. The molecule has 0 spiro atoms. The molecule has 1 unspecified atom stereocenters. The molecule has 1 aliphatic carbocycles. The number of rotatable bonds is 8. The zero-order valence-electron chi connectivity index (χ0n) is 12.5. The Morgan fingerprint density at radius 1 is 1.43 bits per heavy atom. The highest BCUT2D eigenvalue weighted by Gasteiger charge is 2.31. The second kappa shape index (κ2) is 6.77. The molecule has 1 aliphatic rings. The molecule has 0 radical (unpaired) electrons. The van der Waals surface area contributed by atoms with Gasteiger partial charge in [-0.3, -0.25) is 0 Å². The number of benzene rings is 1. The molecule has 21 heavy (non-hydrogen) atoms. The average molecular weight is 313 g/mol. The summed E-state index contributed by atoms with van der Waals surface area (Å²) in [5.41, 5.74) is 0.491. The number of sulfonamides is 1. The Morgan fingerprint density at radius 2 is 2.14 bits per heavy atom.